The van der Waals surface area contributed by atoms with Crippen LogP contribution < -0.4 is 15.8 Å². The first-order valence-electron chi connectivity index (χ1n) is 10.2. The van der Waals surface area contributed by atoms with Gasteiger partial charge in [0.1, 0.15) is 12.4 Å². The quantitative estimate of drug-likeness (QED) is 0.590. The monoisotopic (exact) mass is 453 g/mol. The van der Waals surface area contributed by atoms with E-state index in [1.54, 1.807) is 6.20 Å². The summed E-state index contributed by atoms with van der Waals surface area (Å²) in [5.74, 6) is 0.856. The molecule has 1 aromatic heterocycles. The molecule has 0 aliphatic heterocycles. The Labute approximate surface area is 192 Å². The lowest BCUT2D eigenvalue weighted by Crippen LogP contribution is -2.39. The fourth-order valence-corrected chi connectivity index (χ4v) is 3.99. The summed E-state index contributed by atoms with van der Waals surface area (Å²) in [5.41, 5.74) is 7.92. The molecule has 3 rings (SSSR count). The van der Waals surface area contributed by atoms with E-state index in [2.05, 4.69) is 10.3 Å². The van der Waals surface area contributed by atoms with Crippen molar-refractivity contribution in [3.05, 3.63) is 59.9 Å². The van der Waals surface area contributed by atoms with Gasteiger partial charge in [-0.05, 0) is 61.6 Å². The SMILES string of the molecule is CC(NC(=O)CC1(CN)CCCCC1)c1cccc(OCc2ccccn2)c1.Cl.Cl. The van der Waals surface area contributed by atoms with Crippen LogP contribution in [0.1, 0.15) is 62.7 Å². The maximum absolute atomic E-state index is 12.6. The maximum Gasteiger partial charge on any atom is 0.221 e. The van der Waals surface area contributed by atoms with Crippen LogP contribution in [0.5, 0.6) is 5.75 Å². The van der Waals surface area contributed by atoms with E-state index in [0.29, 0.717) is 19.6 Å². The molecule has 0 spiro atoms. The Balaban J connectivity index is 0.00000225. The van der Waals surface area contributed by atoms with Crippen molar-refractivity contribution >= 4 is 30.7 Å². The summed E-state index contributed by atoms with van der Waals surface area (Å²) in [6.07, 6.45) is 8.00. The fraction of sp³-hybridized carbons (Fsp3) is 0.478. The first kappa shape index (κ1) is 26.2. The van der Waals surface area contributed by atoms with Crippen molar-refractivity contribution in [2.24, 2.45) is 11.1 Å². The average Bonchev–Trinajstić information content (AvgIpc) is 2.74. The number of carbonyl (C=O) groups excluding carboxylic acids is 1. The highest BCUT2D eigenvalue weighted by Gasteiger charge is 2.33. The summed E-state index contributed by atoms with van der Waals surface area (Å²) in [7, 11) is 0. The van der Waals surface area contributed by atoms with Crippen LogP contribution in [0.4, 0.5) is 0 Å². The van der Waals surface area contributed by atoms with Crippen molar-refractivity contribution in [3.8, 4) is 5.75 Å². The van der Waals surface area contributed by atoms with Gasteiger partial charge in [0.2, 0.25) is 5.91 Å². The van der Waals surface area contributed by atoms with Crippen molar-refractivity contribution in [2.75, 3.05) is 6.54 Å². The van der Waals surface area contributed by atoms with Crippen LogP contribution in [-0.4, -0.2) is 17.4 Å². The smallest absolute Gasteiger partial charge is 0.221 e. The fourth-order valence-electron chi connectivity index (χ4n) is 3.99. The largest absolute Gasteiger partial charge is 0.487 e. The lowest BCUT2D eigenvalue weighted by molar-refractivity contribution is -0.124. The Morgan fingerprint density at radius 2 is 1.93 bits per heavy atom. The minimum absolute atomic E-state index is 0. The number of hydrogen-bond acceptors (Lipinski definition) is 4. The van der Waals surface area contributed by atoms with Gasteiger partial charge in [-0.15, -0.1) is 24.8 Å². The van der Waals surface area contributed by atoms with Crippen molar-refractivity contribution in [1.29, 1.82) is 0 Å². The highest BCUT2D eigenvalue weighted by molar-refractivity contribution is 5.85. The zero-order valence-corrected chi connectivity index (χ0v) is 19.1. The zero-order chi connectivity index (χ0) is 19.8. The Kier molecular flexibility index (Phi) is 11.2. The van der Waals surface area contributed by atoms with Crippen LogP contribution in [0, 0.1) is 5.41 Å². The molecule has 1 saturated carbocycles. The highest BCUT2D eigenvalue weighted by Crippen LogP contribution is 2.38. The van der Waals surface area contributed by atoms with Gasteiger partial charge in [0.05, 0.1) is 11.7 Å². The van der Waals surface area contributed by atoms with E-state index >= 15 is 0 Å². The molecule has 1 heterocycles. The van der Waals surface area contributed by atoms with Gasteiger partial charge in [-0.3, -0.25) is 9.78 Å². The van der Waals surface area contributed by atoms with Gasteiger partial charge < -0.3 is 15.8 Å². The molecule has 1 atom stereocenters. The van der Waals surface area contributed by atoms with Crippen molar-refractivity contribution < 1.29 is 9.53 Å². The van der Waals surface area contributed by atoms with E-state index in [4.69, 9.17) is 10.5 Å². The molecule has 5 nitrogen and oxygen atoms in total. The molecule has 1 aliphatic rings. The molecule has 166 valence electrons. The highest BCUT2D eigenvalue weighted by atomic mass is 35.5. The number of amides is 1. The second-order valence-corrected chi connectivity index (χ2v) is 7.91. The molecule has 7 heteroatoms. The van der Waals surface area contributed by atoms with Gasteiger partial charge in [0, 0.05) is 12.6 Å². The molecular formula is C23H33Cl2N3O2. The number of hydrogen-bond donors (Lipinski definition) is 2. The Bertz CT molecular complexity index is 768. The topological polar surface area (TPSA) is 77.2 Å². The lowest BCUT2D eigenvalue weighted by atomic mass is 9.71. The van der Waals surface area contributed by atoms with Gasteiger partial charge >= 0.3 is 0 Å². The number of ether oxygens (including phenoxy) is 1. The summed E-state index contributed by atoms with van der Waals surface area (Å²) in [4.78, 5) is 16.9. The third kappa shape index (κ3) is 7.46. The van der Waals surface area contributed by atoms with Gasteiger partial charge in [0.25, 0.3) is 0 Å². The van der Waals surface area contributed by atoms with Crippen LogP contribution in [0.2, 0.25) is 0 Å². The molecule has 1 unspecified atom stereocenters. The number of carbonyl (C=O) groups is 1. The van der Waals surface area contributed by atoms with E-state index in [1.807, 2.05) is 49.4 Å². The zero-order valence-electron chi connectivity index (χ0n) is 17.5. The summed E-state index contributed by atoms with van der Waals surface area (Å²) in [6, 6.07) is 13.6. The Morgan fingerprint density at radius 3 is 2.60 bits per heavy atom. The Hall–Kier alpha value is -1.82. The van der Waals surface area contributed by atoms with Crippen LogP contribution in [0.3, 0.4) is 0 Å². The Morgan fingerprint density at radius 1 is 1.17 bits per heavy atom. The van der Waals surface area contributed by atoms with Gasteiger partial charge in [0.15, 0.2) is 0 Å². The predicted octanol–water partition coefficient (Wildman–Crippen LogP) is 4.98. The molecule has 0 bridgehead atoms. The van der Waals surface area contributed by atoms with Gasteiger partial charge in [-0.25, -0.2) is 0 Å². The molecule has 3 N–H and O–H groups in total. The molecule has 2 aromatic rings. The summed E-state index contributed by atoms with van der Waals surface area (Å²) in [5, 5.41) is 3.14. The third-order valence-corrected chi connectivity index (χ3v) is 5.73. The van der Waals surface area contributed by atoms with E-state index in [0.717, 1.165) is 29.8 Å². The normalized spacial score (nSPS) is 15.8. The van der Waals surface area contributed by atoms with E-state index in [-0.39, 0.29) is 42.2 Å². The van der Waals surface area contributed by atoms with Crippen molar-refractivity contribution in [3.63, 3.8) is 0 Å². The minimum Gasteiger partial charge on any atom is -0.487 e. The van der Waals surface area contributed by atoms with E-state index < -0.39 is 0 Å². The summed E-state index contributed by atoms with van der Waals surface area (Å²) >= 11 is 0. The first-order valence-corrected chi connectivity index (χ1v) is 10.2. The van der Waals surface area contributed by atoms with E-state index in [9.17, 15) is 4.79 Å². The number of benzene rings is 1. The van der Waals surface area contributed by atoms with Crippen molar-refractivity contribution in [2.45, 2.75) is 58.1 Å². The van der Waals surface area contributed by atoms with E-state index in [1.165, 1.54) is 19.3 Å². The number of halogens is 2. The van der Waals surface area contributed by atoms with Gasteiger partial charge in [-0.1, -0.05) is 37.5 Å². The van der Waals surface area contributed by atoms with Crippen LogP contribution in [-0.2, 0) is 11.4 Å². The predicted molar refractivity (Wildman–Crippen MR) is 125 cm³/mol. The number of pyridine rings is 1. The minimum atomic E-state index is -0.0793. The number of nitrogens with two attached hydrogens (primary N) is 1. The third-order valence-electron chi connectivity index (χ3n) is 5.73. The molecule has 0 radical (unpaired) electrons. The standard InChI is InChI=1S/C23H31N3O2.2ClH/c1-18(26-22(27)15-23(17-24)11-4-2-5-12-23)19-8-7-10-21(14-19)28-16-20-9-3-6-13-25-20;;/h3,6-10,13-14,18H,2,4-5,11-12,15-17,24H2,1H3,(H,26,27);2*1H. The molecule has 1 aliphatic carbocycles. The lowest BCUT2D eigenvalue weighted by Gasteiger charge is -2.36. The molecule has 0 saturated heterocycles. The summed E-state index contributed by atoms with van der Waals surface area (Å²) in [6.45, 7) is 3.02. The average molecular weight is 454 g/mol. The number of nitrogens with one attached hydrogen (secondary N) is 1. The van der Waals surface area contributed by atoms with Crippen LogP contribution in [0.15, 0.2) is 48.7 Å². The second-order valence-electron chi connectivity index (χ2n) is 7.91. The molecule has 1 fully saturated rings. The van der Waals surface area contributed by atoms with Gasteiger partial charge in [-0.2, -0.15) is 0 Å². The first-order chi connectivity index (χ1) is 13.6. The number of rotatable bonds is 8. The molecular weight excluding hydrogens is 421 g/mol. The summed E-state index contributed by atoms with van der Waals surface area (Å²) < 4.78 is 5.85. The van der Waals surface area contributed by atoms with Crippen molar-refractivity contribution in [1.82, 2.24) is 10.3 Å². The molecule has 1 aromatic carbocycles. The number of nitrogens with zero attached hydrogens (tertiary/aromatic N) is 1. The molecule has 30 heavy (non-hydrogen) atoms. The van der Waals surface area contributed by atoms with Crippen LogP contribution >= 0.6 is 24.8 Å². The van der Waals surface area contributed by atoms with Crippen LogP contribution in [0.25, 0.3) is 0 Å². The molecule has 1 amide bonds. The number of aromatic nitrogens is 1. The second kappa shape index (κ2) is 12.8. The maximum atomic E-state index is 12.6.